The lowest BCUT2D eigenvalue weighted by Gasteiger charge is -2.29. The van der Waals surface area contributed by atoms with Gasteiger partial charge in [-0.05, 0) is 57.5 Å². The molecule has 2 aliphatic carbocycles. The van der Waals surface area contributed by atoms with E-state index in [0.717, 1.165) is 55.9 Å². The van der Waals surface area contributed by atoms with Crippen LogP contribution in [-0.4, -0.2) is 24.0 Å². The van der Waals surface area contributed by atoms with Crippen LogP contribution < -0.4 is 10.6 Å². The van der Waals surface area contributed by atoms with Crippen LogP contribution in [0.1, 0.15) is 55.6 Å². The van der Waals surface area contributed by atoms with Gasteiger partial charge in [0, 0.05) is 17.0 Å². The van der Waals surface area contributed by atoms with Crippen LogP contribution in [0.15, 0.2) is 5.38 Å². The number of nitrogens with zero attached hydrogens (tertiary/aromatic N) is 1. The Morgan fingerprint density at radius 1 is 1.25 bits per heavy atom. The Morgan fingerprint density at radius 3 is 2.50 bits per heavy atom. The third-order valence-corrected chi connectivity index (χ3v) is 7.12. The van der Waals surface area contributed by atoms with Crippen molar-refractivity contribution < 1.29 is 4.79 Å². The third-order valence-electron chi connectivity index (χ3n) is 5.95. The van der Waals surface area contributed by atoms with Crippen LogP contribution in [-0.2, 0) is 10.3 Å². The molecule has 3 fully saturated rings. The van der Waals surface area contributed by atoms with Gasteiger partial charge < -0.3 is 10.6 Å². The van der Waals surface area contributed by atoms with Gasteiger partial charge in [0.1, 0.15) is 5.01 Å². The van der Waals surface area contributed by atoms with Crippen molar-refractivity contribution >= 4 is 42.1 Å². The lowest BCUT2D eigenvalue weighted by molar-refractivity contribution is -0.125. The maximum Gasteiger partial charge on any atom is 0.224 e. The van der Waals surface area contributed by atoms with Gasteiger partial charge in [-0.1, -0.05) is 12.8 Å². The summed E-state index contributed by atoms with van der Waals surface area (Å²) < 4.78 is 0. The standard InChI is InChI=1S/C17H25N3OS.2ClH/c1-12-11-22-15(19-12)17(4-2-3-5-17)20-14(21)13-10-16(13)6-8-18-9-7-16;;/h11,13,18H,2-10H2,1H3,(H,20,21);2*1H. The fraction of sp³-hybridized carbons (Fsp3) is 0.765. The van der Waals surface area contributed by atoms with Crippen LogP contribution in [0, 0.1) is 18.3 Å². The number of aromatic nitrogens is 1. The zero-order chi connectivity index (χ0) is 15.2. The molecule has 24 heavy (non-hydrogen) atoms. The van der Waals surface area contributed by atoms with Crippen molar-refractivity contribution in [3.63, 3.8) is 0 Å². The van der Waals surface area contributed by atoms with Crippen molar-refractivity contribution in [1.29, 1.82) is 0 Å². The molecule has 1 aromatic heterocycles. The minimum absolute atomic E-state index is 0. The molecule has 7 heteroatoms. The minimum Gasteiger partial charge on any atom is -0.344 e. The van der Waals surface area contributed by atoms with Crippen LogP contribution >= 0.6 is 36.2 Å². The van der Waals surface area contributed by atoms with E-state index in [-0.39, 0.29) is 42.2 Å². The molecule has 4 rings (SSSR count). The summed E-state index contributed by atoms with van der Waals surface area (Å²) in [5.41, 5.74) is 1.21. The molecule has 3 aliphatic rings. The van der Waals surface area contributed by atoms with Gasteiger partial charge >= 0.3 is 0 Å². The number of carbonyl (C=O) groups excluding carboxylic acids is 1. The smallest absolute Gasteiger partial charge is 0.224 e. The summed E-state index contributed by atoms with van der Waals surface area (Å²) >= 11 is 1.71. The van der Waals surface area contributed by atoms with E-state index in [1.54, 1.807) is 11.3 Å². The first kappa shape index (κ1) is 20.0. The van der Waals surface area contributed by atoms with E-state index < -0.39 is 0 Å². The molecule has 2 N–H and O–H groups in total. The molecule has 136 valence electrons. The molecule has 1 atom stereocenters. The largest absolute Gasteiger partial charge is 0.344 e. The summed E-state index contributed by atoms with van der Waals surface area (Å²) in [7, 11) is 0. The first-order valence-electron chi connectivity index (χ1n) is 8.59. The Labute approximate surface area is 160 Å². The van der Waals surface area contributed by atoms with Gasteiger partial charge in [0.25, 0.3) is 0 Å². The second-order valence-corrected chi connectivity index (χ2v) is 8.30. The first-order valence-corrected chi connectivity index (χ1v) is 9.47. The normalized spacial score (nSPS) is 26.3. The number of rotatable bonds is 3. The monoisotopic (exact) mass is 391 g/mol. The zero-order valence-corrected chi connectivity index (χ0v) is 16.5. The van der Waals surface area contributed by atoms with Gasteiger partial charge in [-0.15, -0.1) is 36.2 Å². The molecule has 2 heterocycles. The number of nitrogens with one attached hydrogen (secondary N) is 2. The van der Waals surface area contributed by atoms with E-state index in [9.17, 15) is 4.79 Å². The van der Waals surface area contributed by atoms with Crippen LogP contribution in [0.2, 0.25) is 0 Å². The van der Waals surface area contributed by atoms with E-state index in [2.05, 4.69) is 16.0 Å². The highest BCUT2D eigenvalue weighted by Crippen LogP contribution is 2.59. The first-order chi connectivity index (χ1) is 10.6. The van der Waals surface area contributed by atoms with Gasteiger partial charge in [0.15, 0.2) is 0 Å². The topological polar surface area (TPSA) is 54.0 Å². The van der Waals surface area contributed by atoms with Gasteiger partial charge in [-0.3, -0.25) is 4.79 Å². The van der Waals surface area contributed by atoms with Crippen LogP contribution in [0.25, 0.3) is 0 Å². The second kappa shape index (κ2) is 7.48. The summed E-state index contributed by atoms with van der Waals surface area (Å²) in [6.07, 6.45) is 7.90. The molecule has 1 saturated heterocycles. The maximum atomic E-state index is 12.9. The molecule has 0 bridgehead atoms. The highest BCUT2D eigenvalue weighted by Gasteiger charge is 2.58. The Bertz CT molecular complexity index is 580. The average Bonchev–Trinajstić information content (AvgIpc) is 2.89. The van der Waals surface area contributed by atoms with Crippen LogP contribution in [0.4, 0.5) is 0 Å². The highest BCUT2D eigenvalue weighted by atomic mass is 35.5. The van der Waals surface area contributed by atoms with Crippen molar-refractivity contribution in [2.24, 2.45) is 11.3 Å². The van der Waals surface area contributed by atoms with Crippen LogP contribution in [0.5, 0.6) is 0 Å². The molecule has 1 unspecified atom stereocenters. The molecule has 4 nitrogen and oxygen atoms in total. The Balaban J connectivity index is 0.00000104. The summed E-state index contributed by atoms with van der Waals surface area (Å²) in [5.74, 6) is 0.532. The van der Waals surface area contributed by atoms with E-state index in [1.807, 2.05) is 6.92 Å². The lowest BCUT2D eigenvalue weighted by atomic mass is 9.91. The van der Waals surface area contributed by atoms with Crippen molar-refractivity contribution in [2.75, 3.05) is 13.1 Å². The predicted molar refractivity (Wildman–Crippen MR) is 102 cm³/mol. The van der Waals surface area contributed by atoms with Crippen molar-refractivity contribution in [2.45, 2.75) is 57.4 Å². The van der Waals surface area contributed by atoms with Crippen molar-refractivity contribution in [3.8, 4) is 0 Å². The summed E-state index contributed by atoms with van der Waals surface area (Å²) in [6, 6.07) is 0. The lowest BCUT2D eigenvalue weighted by Crippen LogP contribution is -2.45. The predicted octanol–water partition coefficient (Wildman–Crippen LogP) is 3.57. The fourth-order valence-corrected chi connectivity index (χ4v) is 5.48. The van der Waals surface area contributed by atoms with Gasteiger partial charge in [-0.2, -0.15) is 0 Å². The number of halogens is 2. The molecule has 0 radical (unpaired) electrons. The molecular formula is C17H27Cl2N3OS. The van der Waals surface area contributed by atoms with Crippen molar-refractivity contribution in [3.05, 3.63) is 16.1 Å². The Morgan fingerprint density at radius 2 is 1.92 bits per heavy atom. The van der Waals surface area contributed by atoms with E-state index in [1.165, 1.54) is 12.8 Å². The molecule has 1 spiro atoms. The molecular weight excluding hydrogens is 365 g/mol. The van der Waals surface area contributed by atoms with Crippen LogP contribution in [0.3, 0.4) is 0 Å². The summed E-state index contributed by atoms with van der Waals surface area (Å²) in [5, 5.41) is 10.1. The second-order valence-electron chi connectivity index (χ2n) is 7.44. The SMILES string of the molecule is Cc1csc(C2(NC(=O)C3CC34CCNCC4)CCCC2)n1.Cl.Cl. The van der Waals surface area contributed by atoms with E-state index in [0.29, 0.717) is 5.41 Å². The molecule has 2 saturated carbocycles. The Kier molecular flexibility index (Phi) is 6.22. The number of amides is 1. The number of hydrogen-bond acceptors (Lipinski definition) is 4. The maximum absolute atomic E-state index is 12.9. The Hall–Kier alpha value is -0.360. The number of piperidine rings is 1. The van der Waals surface area contributed by atoms with Crippen molar-refractivity contribution in [1.82, 2.24) is 15.6 Å². The minimum atomic E-state index is -0.174. The number of aryl methyl sites for hydroxylation is 1. The van der Waals surface area contributed by atoms with Gasteiger partial charge in [0.2, 0.25) is 5.91 Å². The molecule has 1 amide bonds. The summed E-state index contributed by atoms with van der Waals surface area (Å²) in [6.45, 7) is 4.18. The summed E-state index contributed by atoms with van der Waals surface area (Å²) in [4.78, 5) is 17.6. The van der Waals surface area contributed by atoms with E-state index >= 15 is 0 Å². The number of thiazole rings is 1. The molecule has 0 aromatic carbocycles. The quantitative estimate of drug-likeness (QED) is 0.827. The van der Waals surface area contributed by atoms with E-state index in [4.69, 9.17) is 4.98 Å². The van der Waals surface area contributed by atoms with Gasteiger partial charge in [-0.25, -0.2) is 4.98 Å². The highest BCUT2D eigenvalue weighted by molar-refractivity contribution is 7.09. The number of hydrogen-bond donors (Lipinski definition) is 2. The number of carbonyl (C=O) groups is 1. The average molecular weight is 392 g/mol. The third kappa shape index (κ3) is 3.46. The molecule has 1 aliphatic heterocycles. The van der Waals surface area contributed by atoms with Gasteiger partial charge in [0.05, 0.1) is 5.54 Å². The fourth-order valence-electron chi connectivity index (χ4n) is 4.46. The molecule has 1 aromatic rings. The zero-order valence-electron chi connectivity index (χ0n) is 14.1.